The van der Waals surface area contributed by atoms with Crippen LogP contribution in [0.15, 0.2) is 85.3 Å². The van der Waals surface area contributed by atoms with Crippen LogP contribution in [0, 0.1) is 5.41 Å². The highest BCUT2D eigenvalue weighted by molar-refractivity contribution is 6.03. The third-order valence-corrected chi connectivity index (χ3v) is 10.2. The number of carbonyl (C=O) groups is 2. The molecule has 3 aliphatic heterocycles. The molecule has 3 aliphatic rings. The predicted octanol–water partition coefficient (Wildman–Crippen LogP) is 5.61. The van der Waals surface area contributed by atoms with Crippen LogP contribution in [0.3, 0.4) is 0 Å². The van der Waals surface area contributed by atoms with Gasteiger partial charge in [-0.15, -0.1) is 0 Å². The number of hydrogen-bond donors (Lipinski definition) is 1. The summed E-state index contributed by atoms with van der Waals surface area (Å²) in [7, 11) is 0. The Morgan fingerprint density at radius 1 is 0.940 bits per heavy atom. The summed E-state index contributed by atoms with van der Waals surface area (Å²) in [6.07, 6.45) is 9.81. The van der Waals surface area contributed by atoms with Gasteiger partial charge in [-0.25, -0.2) is 15.0 Å². The lowest BCUT2D eigenvalue weighted by atomic mass is 9.85. The Labute approximate surface area is 291 Å². The summed E-state index contributed by atoms with van der Waals surface area (Å²) in [5.74, 6) is 1.54. The smallest absolute Gasteiger partial charge is 0.237 e. The fourth-order valence-electron chi connectivity index (χ4n) is 7.49. The Morgan fingerprint density at radius 3 is 2.46 bits per heavy atom. The van der Waals surface area contributed by atoms with Crippen molar-refractivity contribution >= 4 is 34.0 Å². The van der Waals surface area contributed by atoms with Crippen LogP contribution >= 0.6 is 0 Å². The van der Waals surface area contributed by atoms with Crippen LogP contribution in [0.25, 0.3) is 39.1 Å². The first-order valence-corrected chi connectivity index (χ1v) is 17.4. The van der Waals surface area contributed by atoms with E-state index in [1.54, 1.807) is 18.6 Å². The Balaban J connectivity index is 0.889. The molecule has 2 saturated heterocycles. The van der Waals surface area contributed by atoms with Gasteiger partial charge in [0.15, 0.2) is 5.82 Å². The molecule has 2 fully saturated rings. The van der Waals surface area contributed by atoms with E-state index >= 15 is 0 Å². The number of pyridine rings is 1. The third-order valence-electron chi connectivity index (χ3n) is 10.2. The monoisotopic (exact) mass is 668 g/mol. The lowest BCUT2D eigenvalue weighted by Crippen LogP contribution is -2.43. The van der Waals surface area contributed by atoms with Gasteiger partial charge in [0.25, 0.3) is 0 Å². The topological polar surface area (TPSA) is 120 Å². The van der Waals surface area contributed by atoms with Crippen LogP contribution in [0.4, 0.5) is 5.69 Å². The molecular formula is C39H40N8O3. The number of likely N-dealkylation sites (tertiary alicyclic amines) is 1. The Morgan fingerprint density at radius 2 is 1.72 bits per heavy atom. The first-order chi connectivity index (χ1) is 24.3. The highest BCUT2D eigenvalue weighted by Gasteiger charge is 2.51. The number of rotatable bonds is 8. The van der Waals surface area contributed by atoms with Crippen molar-refractivity contribution in [1.82, 2.24) is 34.9 Å². The van der Waals surface area contributed by atoms with Crippen molar-refractivity contribution in [2.45, 2.75) is 39.2 Å². The highest BCUT2D eigenvalue weighted by atomic mass is 16.5. The largest absolute Gasteiger partial charge is 0.475 e. The molecule has 2 amide bonds. The number of anilines is 1. The molecule has 0 saturated carbocycles. The molecule has 0 aliphatic carbocycles. The fraction of sp³-hybridized carbons (Fsp3) is 0.333. The lowest BCUT2D eigenvalue weighted by Gasteiger charge is -2.29. The zero-order chi connectivity index (χ0) is 34.2. The van der Waals surface area contributed by atoms with E-state index in [1.807, 2.05) is 72.2 Å². The SMILES string of the molecule is CC(C)Oc1ccc(-c2n[nH]c3ccc(N4CCC5(CCN(CC(=O)N6CC=C(c7ccc(-c8ncccn8)cc7)CC6)C5)C4=O)cc23)cn1. The summed E-state index contributed by atoms with van der Waals surface area (Å²) >= 11 is 0. The normalized spacial score (nSPS) is 19.6. The minimum absolute atomic E-state index is 0.0454. The average molecular weight is 669 g/mol. The molecule has 5 aromatic rings. The molecule has 11 nitrogen and oxygen atoms in total. The van der Waals surface area contributed by atoms with Gasteiger partial charge in [-0.05, 0) is 81.1 Å². The first-order valence-electron chi connectivity index (χ1n) is 17.4. The summed E-state index contributed by atoms with van der Waals surface area (Å²) in [5.41, 5.74) is 6.35. The molecule has 0 bridgehead atoms. The second kappa shape index (κ2) is 13.1. The number of ether oxygens (including phenoxy) is 1. The number of nitrogens with one attached hydrogen (secondary N) is 1. The van der Waals surface area contributed by atoms with Crippen molar-refractivity contribution < 1.29 is 14.3 Å². The van der Waals surface area contributed by atoms with Crippen LogP contribution in [-0.4, -0.2) is 92.1 Å². The molecule has 254 valence electrons. The van der Waals surface area contributed by atoms with Crippen molar-refractivity contribution in [2.24, 2.45) is 5.41 Å². The van der Waals surface area contributed by atoms with Crippen LogP contribution in [0.2, 0.25) is 0 Å². The predicted molar refractivity (Wildman–Crippen MR) is 192 cm³/mol. The molecule has 8 rings (SSSR count). The molecule has 2 aromatic carbocycles. The zero-order valence-corrected chi connectivity index (χ0v) is 28.4. The van der Waals surface area contributed by atoms with E-state index in [1.165, 1.54) is 5.57 Å². The van der Waals surface area contributed by atoms with Crippen LogP contribution < -0.4 is 9.64 Å². The molecule has 0 radical (unpaired) electrons. The van der Waals surface area contributed by atoms with Crippen LogP contribution in [0.5, 0.6) is 5.88 Å². The third kappa shape index (κ3) is 6.13. The molecule has 1 unspecified atom stereocenters. The maximum Gasteiger partial charge on any atom is 0.237 e. The number of H-pyrrole nitrogens is 1. The molecule has 1 atom stereocenters. The van der Waals surface area contributed by atoms with E-state index in [2.05, 4.69) is 48.3 Å². The number of benzene rings is 2. The maximum absolute atomic E-state index is 14.0. The number of amides is 2. The minimum atomic E-state index is -0.462. The van der Waals surface area contributed by atoms with Gasteiger partial charge in [-0.3, -0.25) is 19.6 Å². The van der Waals surface area contributed by atoms with Gasteiger partial charge in [0.1, 0.15) is 5.69 Å². The quantitative estimate of drug-likeness (QED) is 0.227. The summed E-state index contributed by atoms with van der Waals surface area (Å²) in [6, 6.07) is 19.9. The molecule has 50 heavy (non-hydrogen) atoms. The number of hydrogen-bond acceptors (Lipinski definition) is 8. The number of aromatic amines is 1. The first kappa shape index (κ1) is 31.8. The van der Waals surface area contributed by atoms with Crippen molar-refractivity contribution in [3.8, 4) is 28.5 Å². The molecule has 3 aromatic heterocycles. The summed E-state index contributed by atoms with van der Waals surface area (Å²) in [5, 5.41) is 8.62. The molecule has 11 heteroatoms. The summed E-state index contributed by atoms with van der Waals surface area (Å²) < 4.78 is 5.70. The average Bonchev–Trinajstić information content (AvgIpc) is 3.85. The van der Waals surface area contributed by atoms with Crippen molar-refractivity contribution in [3.63, 3.8) is 0 Å². The molecule has 1 N–H and O–H groups in total. The molecule has 1 spiro atoms. The van der Waals surface area contributed by atoms with Gasteiger partial charge in [0, 0.05) is 73.0 Å². The Kier molecular flexibility index (Phi) is 8.36. The Bertz CT molecular complexity index is 2060. The molecule has 6 heterocycles. The second-order valence-corrected chi connectivity index (χ2v) is 13.8. The summed E-state index contributed by atoms with van der Waals surface area (Å²) in [4.78, 5) is 46.6. The van der Waals surface area contributed by atoms with Crippen molar-refractivity contribution in [3.05, 3.63) is 90.9 Å². The maximum atomic E-state index is 14.0. The van der Waals surface area contributed by atoms with E-state index in [-0.39, 0.29) is 17.9 Å². The van der Waals surface area contributed by atoms with Crippen LogP contribution in [0.1, 0.15) is 38.7 Å². The van der Waals surface area contributed by atoms with Crippen molar-refractivity contribution in [2.75, 3.05) is 44.2 Å². The van der Waals surface area contributed by atoms with Gasteiger partial charge < -0.3 is 14.5 Å². The number of fused-ring (bicyclic) bond motifs is 1. The van der Waals surface area contributed by atoms with Gasteiger partial charge in [-0.1, -0.05) is 30.3 Å². The second-order valence-electron chi connectivity index (χ2n) is 13.8. The van der Waals surface area contributed by atoms with Crippen molar-refractivity contribution in [1.29, 1.82) is 0 Å². The standard InChI is InChI=1S/C39H40N8O3/c1-26(2)50-34-11-8-30(23-42-34)36-32-22-31(9-10-33(32)43-44-36)47-21-15-39(38(47)49)14-20-45(25-39)24-35(48)46-18-12-28(13-19-46)27-4-6-29(7-5-27)37-40-16-3-17-41-37/h3-12,16-17,22-23,26H,13-15,18-21,24-25H2,1-2H3,(H,43,44). The van der Waals surface area contributed by atoms with E-state index in [9.17, 15) is 9.59 Å². The van der Waals surface area contributed by atoms with E-state index in [4.69, 9.17) is 4.74 Å². The number of nitrogens with zero attached hydrogens (tertiary/aromatic N) is 7. The number of aromatic nitrogens is 5. The number of carbonyl (C=O) groups excluding carboxylic acids is 2. The summed E-state index contributed by atoms with van der Waals surface area (Å²) in [6.45, 7) is 7.56. The van der Waals surface area contributed by atoms with Gasteiger partial charge in [0.05, 0.1) is 23.6 Å². The minimum Gasteiger partial charge on any atom is -0.475 e. The Hall–Kier alpha value is -5.42. The fourth-order valence-corrected chi connectivity index (χ4v) is 7.49. The molecular weight excluding hydrogens is 628 g/mol. The van der Waals surface area contributed by atoms with E-state index in [0.717, 1.165) is 64.8 Å². The zero-order valence-electron chi connectivity index (χ0n) is 28.4. The van der Waals surface area contributed by atoms with Gasteiger partial charge in [0.2, 0.25) is 17.7 Å². The van der Waals surface area contributed by atoms with E-state index in [0.29, 0.717) is 44.4 Å². The van der Waals surface area contributed by atoms with Crippen LogP contribution in [-0.2, 0) is 9.59 Å². The lowest BCUT2D eigenvalue weighted by molar-refractivity contribution is -0.132. The highest BCUT2D eigenvalue weighted by Crippen LogP contribution is 2.43. The van der Waals surface area contributed by atoms with E-state index < -0.39 is 5.41 Å². The van der Waals surface area contributed by atoms with Gasteiger partial charge in [-0.2, -0.15) is 5.10 Å². The van der Waals surface area contributed by atoms with Gasteiger partial charge >= 0.3 is 0 Å².